The van der Waals surface area contributed by atoms with Crippen LogP contribution in [0.3, 0.4) is 0 Å². The van der Waals surface area contributed by atoms with Crippen LogP contribution in [0, 0.1) is 6.92 Å². The average molecular weight is 342 g/mol. The van der Waals surface area contributed by atoms with Gasteiger partial charge in [0.15, 0.2) is 5.69 Å². The van der Waals surface area contributed by atoms with E-state index in [1.54, 1.807) is 30.2 Å². The molecule has 0 saturated carbocycles. The van der Waals surface area contributed by atoms with Crippen molar-refractivity contribution in [3.05, 3.63) is 41.8 Å². The molecule has 2 atom stereocenters. The summed E-state index contributed by atoms with van der Waals surface area (Å²) in [5.74, 6) is 0.563. The van der Waals surface area contributed by atoms with Gasteiger partial charge in [-0.15, -0.1) is 0 Å². The number of rotatable bonds is 4. The molecule has 1 fully saturated rings. The van der Waals surface area contributed by atoms with E-state index in [0.717, 1.165) is 17.7 Å². The largest absolute Gasteiger partial charge is 0.440 e. The molecule has 0 unspecified atom stereocenters. The van der Waals surface area contributed by atoms with Gasteiger partial charge in [0.25, 0.3) is 5.91 Å². The first kappa shape index (κ1) is 15.6. The quantitative estimate of drug-likeness (QED) is 0.741. The molecule has 1 amide bonds. The van der Waals surface area contributed by atoms with Gasteiger partial charge in [-0.05, 0) is 19.4 Å². The van der Waals surface area contributed by atoms with E-state index in [1.165, 1.54) is 0 Å². The van der Waals surface area contributed by atoms with Crippen molar-refractivity contribution in [2.75, 3.05) is 6.61 Å². The molecule has 3 aromatic heterocycles. The van der Waals surface area contributed by atoms with Crippen molar-refractivity contribution >= 4 is 5.91 Å². The van der Waals surface area contributed by atoms with Crippen LogP contribution in [0.1, 0.15) is 34.5 Å². The second-order valence-electron chi connectivity index (χ2n) is 6.00. The number of carbonyl (C=O) groups is 1. The fourth-order valence-corrected chi connectivity index (χ4v) is 2.97. The van der Waals surface area contributed by atoms with Gasteiger partial charge >= 0.3 is 0 Å². The normalized spacial score (nSPS) is 20.1. The van der Waals surface area contributed by atoms with Crippen LogP contribution in [0.5, 0.6) is 0 Å². The number of carbonyl (C=O) groups excluding carboxylic acids is 1. The molecule has 9 heteroatoms. The average Bonchev–Trinajstić information content (AvgIpc) is 3.32. The number of aromatic amines is 1. The number of nitrogens with zero attached hydrogens (tertiary/aromatic N) is 4. The third-order valence-electron chi connectivity index (χ3n) is 4.20. The molecular weight excluding hydrogens is 324 g/mol. The molecule has 0 spiro atoms. The minimum atomic E-state index is -0.281. The molecule has 0 aromatic carbocycles. The summed E-state index contributed by atoms with van der Waals surface area (Å²) in [6.07, 6.45) is 5.58. The highest BCUT2D eigenvalue weighted by Gasteiger charge is 2.33. The van der Waals surface area contributed by atoms with E-state index >= 15 is 0 Å². The molecule has 130 valence electrons. The molecule has 0 aliphatic carbocycles. The minimum Gasteiger partial charge on any atom is -0.440 e. The molecule has 2 N–H and O–H groups in total. The Morgan fingerprint density at radius 1 is 1.48 bits per heavy atom. The van der Waals surface area contributed by atoms with Crippen molar-refractivity contribution in [2.24, 2.45) is 7.05 Å². The van der Waals surface area contributed by atoms with Crippen LogP contribution in [0.2, 0.25) is 0 Å². The monoisotopic (exact) mass is 342 g/mol. The number of amides is 1. The lowest BCUT2D eigenvalue weighted by Gasteiger charge is -2.18. The minimum absolute atomic E-state index is 0.147. The Kier molecular flexibility index (Phi) is 3.85. The highest BCUT2D eigenvalue weighted by atomic mass is 16.5. The molecule has 25 heavy (non-hydrogen) atoms. The second-order valence-corrected chi connectivity index (χ2v) is 6.00. The van der Waals surface area contributed by atoms with Gasteiger partial charge in [-0.25, -0.2) is 4.98 Å². The molecule has 9 nitrogen and oxygen atoms in total. The van der Waals surface area contributed by atoms with E-state index in [2.05, 4.69) is 25.6 Å². The summed E-state index contributed by atoms with van der Waals surface area (Å²) >= 11 is 0. The molecular formula is C16H18N6O3. The SMILES string of the molecule is Cc1oc(-c2cnn(C)c2)nc1C(=O)N[C@@H]1CCO[C@H]1c1ccn[nH]1. The van der Waals surface area contributed by atoms with Gasteiger partial charge in [0.05, 0.1) is 23.5 Å². The zero-order chi connectivity index (χ0) is 17.4. The first-order chi connectivity index (χ1) is 12.1. The van der Waals surface area contributed by atoms with E-state index in [4.69, 9.17) is 9.15 Å². The molecule has 1 aliphatic rings. The van der Waals surface area contributed by atoms with Crippen molar-refractivity contribution in [3.8, 4) is 11.5 Å². The molecule has 1 saturated heterocycles. The van der Waals surface area contributed by atoms with E-state index in [-0.39, 0.29) is 23.7 Å². The number of hydrogen-bond donors (Lipinski definition) is 2. The van der Waals surface area contributed by atoms with Gasteiger partial charge in [-0.1, -0.05) is 0 Å². The second kappa shape index (κ2) is 6.17. The van der Waals surface area contributed by atoms with Crippen LogP contribution in [-0.2, 0) is 11.8 Å². The lowest BCUT2D eigenvalue weighted by molar-refractivity contribution is 0.0803. The van der Waals surface area contributed by atoms with Crippen LogP contribution in [-0.4, -0.2) is 43.5 Å². The van der Waals surface area contributed by atoms with Gasteiger partial charge < -0.3 is 14.5 Å². The third kappa shape index (κ3) is 2.93. The molecule has 1 aliphatic heterocycles. The predicted octanol–water partition coefficient (Wildman–Crippen LogP) is 1.37. The van der Waals surface area contributed by atoms with Crippen molar-refractivity contribution in [1.29, 1.82) is 0 Å². The summed E-state index contributed by atoms with van der Waals surface area (Å²) in [5.41, 5.74) is 1.84. The van der Waals surface area contributed by atoms with Crippen LogP contribution in [0.15, 0.2) is 29.1 Å². The Hall–Kier alpha value is -2.94. The highest BCUT2D eigenvalue weighted by Crippen LogP contribution is 2.28. The van der Waals surface area contributed by atoms with Crippen LogP contribution in [0.4, 0.5) is 0 Å². The van der Waals surface area contributed by atoms with Crippen LogP contribution in [0.25, 0.3) is 11.5 Å². The topological polar surface area (TPSA) is 111 Å². The standard InChI is InChI=1S/C16H18N6O3/c1-9-13(20-16(25-9)10-7-18-22(2)8-10)15(23)19-11-4-6-24-14(11)12-3-5-17-21-12/h3,5,7-8,11,14H,4,6H2,1-2H3,(H,17,21)(H,19,23)/t11-,14-/m1/s1. The van der Waals surface area contributed by atoms with Crippen molar-refractivity contribution in [3.63, 3.8) is 0 Å². The van der Waals surface area contributed by atoms with Crippen molar-refractivity contribution in [2.45, 2.75) is 25.5 Å². The maximum absolute atomic E-state index is 12.7. The van der Waals surface area contributed by atoms with Gasteiger partial charge in [0.2, 0.25) is 5.89 Å². The fourth-order valence-electron chi connectivity index (χ4n) is 2.97. The van der Waals surface area contributed by atoms with E-state index < -0.39 is 0 Å². The van der Waals surface area contributed by atoms with E-state index in [9.17, 15) is 4.79 Å². The molecule has 3 aromatic rings. The number of hydrogen-bond acceptors (Lipinski definition) is 6. The number of H-pyrrole nitrogens is 1. The zero-order valence-electron chi connectivity index (χ0n) is 13.9. The van der Waals surface area contributed by atoms with Crippen LogP contribution < -0.4 is 5.32 Å². The summed E-state index contributed by atoms with van der Waals surface area (Å²) in [7, 11) is 1.81. The third-order valence-corrected chi connectivity index (χ3v) is 4.20. The summed E-state index contributed by atoms with van der Waals surface area (Å²) in [4.78, 5) is 17.0. The Bertz CT molecular complexity index is 882. The van der Waals surface area contributed by atoms with Crippen molar-refractivity contribution in [1.82, 2.24) is 30.3 Å². The summed E-state index contributed by atoms with van der Waals surface area (Å²) < 4.78 is 13.0. The first-order valence-corrected chi connectivity index (χ1v) is 8.00. The van der Waals surface area contributed by atoms with Crippen molar-refractivity contribution < 1.29 is 13.9 Å². The van der Waals surface area contributed by atoms with E-state index in [1.807, 2.05) is 13.1 Å². The highest BCUT2D eigenvalue weighted by molar-refractivity contribution is 5.94. The lowest BCUT2D eigenvalue weighted by Crippen LogP contribution is -2.37. The Labute approximate surface area is 143 Å². The molecule has 4 heterocycles. The van der Waals surface area contributed by atoms with E-state index in [0.29, 0.717) is 18.3 Å². The Morgan fingerprint density at radius 2 is 2.36 bits per heavy atom. The number of aromatic nitrogens is 5. The smallest absolute Gasteiger partial charge is 0.273 e. The summed E-state index contributed by atoms with van der Waals surface area (Å²) in [6, 6.07) is 1.70. The number of nitrogens with one attached hydrogen (secondary N) is 2. The summed E-state index contributed by atoms with van der Waals surface area (Å²) in [6.45, 7) is 2.30. The summed E-state index contributed by atoms with van der Waals surface area (Å²) in [5, 5.41) is 13.9. The number of oxazole rings is 1. The van der Waals surface area contributed by atoms with Gasteiger partial charge in [-0.2, -0.15) is 10.2 Å². The maximum atomic E-state index is 12.7. The number of ether oxygens (including phenoxy) is 1. The van der Waals surface area contributed by atoms with Crippen LogP contribution >= 0.6 is 0 Å². The Balaban J connectivity index is 1.52. The molecule has 4 rings (SSSR count). The molecule has 0 radical (unpaired) electrons. The first-order valence-electron chi connectivity index (χ1n) is 8.00. The Morgan fingerprint density at radius 3 is 3.08 bits per heavy atom. The number of aryl methyl sites for hydroxylation is 2. The zero-order valence-corrected chi connectivity index (χ0v) is 13.9. The van der Waals surface area contributed by atoms with Gasteiger partial charge in [0.1, 0.15) is 11.9 Å². The predicted molar refractivity (Wildman–Crippen MR) is 86.6 cm³/mol. The van der Waals surface area contributed by atoms with Gasteiger partial charge in [-0.3, -0.25) is 14.6 Å². The lowest BCUT2D eigenvalue weighted by atomic mass is 10.1. The van der Waals surface area contributed by atoms with Gasteiger partial charge in [0, 0.05) is 26.0 Å². The molecule has 0 bridgehead atoms. The maximum Gasteiger partial charge on any atom is 0.273 e. The fraction of sp³-hybridized carbons (Fsp3) is 0.375.